The highest BCUT2D eigenvalue weighted by Gasteiger charge is 2.20. The fourth-order valence-corrected chi connectivity index (χ4v) is 2.16. The van der Waals surface area contributed by atoms with Crippen LogP contribution in [0.25, 0.3) is 0 Å². The average molecular weight is 272 g/mol. The molecule has 98 valence electrons. The number of carbonyl (C=O) groups excluding carboxylic acids is 1. The molecule has 0 saturated carbocycles. The third-order valence-corrected chi connectivity index (χ3v) is 3.17. The number of likely N-dealkylation sites (tertiary alicyclic amines) is 1. The largest absolute Gasteiger partial charge is 0.326 e. The van der Waals surface area contributed by atoms with Gasteiger partial charge < -0.3 is 11.1 Å². The maximum Gasteiger partial charge on any atom is 0.238 e. The molecular weight excluding hydrogens is 257 g/mol. The van der Waals surface area contributed by atoms with Gasteiger partial charge in [-0.2, -0.15) is 0 Å². The number of carbonyl (C=O) groups is 1. The van der Waals surface area contributed by atoms with Crippen molar-refractivity contribution < 1.29 is 9.18 Å². The Balaban J connectivity index is 1.89. The molecular formula is C12H15ClFN3O. The number of benzene rings is 1. The molecule has 1 heterocycles. The van der Waals surface area contributed by atoms with Gasteiger partial charge in [-0.3, -0.25) is 9.69 Å². The van der Waals surface area contributed by atoms with E-state index in [9.17, 15) is 9.18 Å². The Bertz CT molecular complexity index is 455. The van der Waals surface area contributed by atoms with E-state index in [-0.39, 0.29) is 17.0 Å². The Morgan fingerprint density at radius 2 is 2.39 bits per heavy atom. The van der Waals surface area contributed by atoms with Crippen LogP contribution in [0.15, 0.2) is 18.2 Å². The highest BCUT2D eigenvalue weighted by Crippen LogP contribution is 2.19. The van der Waals surface area contributed by atoms with Gasteiger partial charge in [-0.15, -0.1) is 0 Å². The number of rotatable bonds is 3. The predicted molar refractivity (Wildman–Crippen MR) is 69.1 cm³/mol. The number of anilines is 1. The molecule has 1 unspecified atom stereocenters. The number of hydrogen-bond acceptors (Lipinski definition) is 3. The minimum absolute atomic E-state index is 0.00371. The molecule has 1 aromatic rings. The van der Waals surface area contributed by atoms with Crippen LogP contribution >= 0.6 is 11.6 Å². The van der Waals surface area contributed by atoms with Crippen LogP contribution in [-0.4, -0.2) is 36.5 Å². The maximum absolute atomic E-state index is 12.9. The molecule has 0 aliphatic carbocycles. The van der Waals surface area contributed by atoms with Crippen molar-refractivity contribution in [1.82, 2.24) is 4.90 Å². The Hall–Kier alpha value is -1.17. The molecule has 0 bridgehead atoms. The first-order valence-electron chi connectivity index (χ1n) is 5.77. The zero-order valence-corrected chi connectivity index (χ0v) is 10.6. The molecule has 3 N–H and O–H groups in total. The van der Waals surface area contributed by atoms with Crippen molar-refractivity contribution in [2.24, 2.45) is 5.73 Å². The summed E-state index contributed by atoms with van der Waals surface area (Å²) in [5.41, 5.74) is 6.25. The lowest BCUT2D eigenvalue weighted by Gasteiger charge is -2.14. The highest BCUT2D eigenvalue weighted by molar-refractivity contribution is 6.31. The number of hydrogen-bond donors (Lipinski definition) is 2. The van der Waals surface area contributed by atoms with E-state index >= 15 is 0 Å². The van der Waals surface area contributed by atoms with Gasteiger partial charge in [0.15, 0.2) is 0 Å². The van der Waals surface area contributed by atoms with E-state index in [0.29, 0.717) is 12.2 Å². The molecule has 1 saturated heterocycles. The van der Waals surface area contributed by atoms with Crippen molar-refractivity contribution in [1.29, 1.82) is 0 Å². The highest BCUT2D eigenvalue weighted by atomic mass is 35.5. The molecule has 6 heteroatoms. The summed E-state index contributed by atoms with van der Waals surface area (Å²) in [5, 5.41) is 2.68. The number of nitrogens with zero attached hydrogens (tertiary/aromatic N) is 1. The van der Waals surface area contributed by atoms with Crippen LogP contribution in [0.2, 0.25) is 5.02 Å². The van der Waals surface area contributed by atoms with Crippen molar-refractivity contribution in [3.8, 4) is 0 Å². The molecule has 4 nitrogen and oxygen atoms in total. The van der Waals surface area contributed by atoms with E-state index in [0.717, 1.165) is 19.5 Å². The number of nitrogens with one attached hydrogen (secondary N) is 1. The predicted octanol–water partition coefficient (Wildman–Crippen LogP) is 1.45. The average Bonchev–Trinajstić information content (AvgIpc) is 2.69. The summed E-state index contributed by atoms with van der Waals surface area (Å²) in [4.78, 5) is 13.7. The van der Waals surface area contributed by atoms with Crippen LogP contribution in [-0.2, 0) is 4.79 Å². The van der Waals surface area contributed by atoms with E-state index in [2.05, 4.69) is 5.32 Å². The summed E-state index contributed by atoms with van der Waals surface area (Å²) >= 11 is 5.63. The van der Waals surface area contributed by atoms with Gasteiger partial charge in [-0.25, -0.2) is 4.39 Å². The van der Waals surface area contributed by atoms with Crippen LogP contribution < -0.4 is 11.1 Å². The van der Waals surface area contributed by atoms with E-state index in [4.69, 9.17) is 17.3 Å². The summed E-state index contributed by atoms with van der Waals surface area (Å²) in [5.74, 6) is -0.646. The smallest absolute Gasteiger partial charge is 0.238 e. The van der Waals surface area contributed by atoms with E-state index in [1.165, 1.54) is 18.2 Å². The fourth-order valence-electron chi connectivity index (χ4n) is 1.98. The molecule has 0 radical (unpaired) electrons. The SMILES string of the molecule is NC1CCN(CC(=O)Nc2ccc(F)c(Cl)c2)C1. The Morgan fingerprint density at radius 3 is 3.00 bits per heavy atom. The molecule has 1 aliphatic rings. The minimum Gasteiger partial charge on any atom is -0.326 e. The standard InChI is InChI=1S/C12H15ClFN3O/c13-10-5-9(1-2-11(10)14)16-12(18)7-17-4-3-8(15)6-17/h1-2,5,8H,3-4,6-7,15H2,(H,16,18). The van der Waals surface area contributed by atoms with E-state index in [1.807, 2.05) is 4.90 Å². The van der Waals surface area contributed by atoms with Crippen molar-refractivity contribution in [2.75, 3.05) is 25.0 Å². The molecule has 1 amide bonds. The second-order valence-electron chi connectivity index (χ2n) is 4.46. The zero-order chi connectivity index (χ0) is 13.1. The molecule has 18 heavy (non-hydrogen) atoms. The zero-order valence-electron chi connectivity index (χ0n) is 9.83. The van der Waals surface area contributed by atoms with Crippen LogP contribution in [0.4, 0.5) is 10.1 Å². The molecule has 1 aromatic carbocycles. The molecule has 0 aromatic heterocycles. The first-order valence-corrected chi connectivity index (χ1v) is 6.15. The summed E-state index contributed by atoms with van der Waals surface area (Å²) in [6.45, 7) is 1.86. The van der Waals surface area contributed by atoms with Crippen LogP contribution in [0, 0.1) is 5.82 Å². The molecule has 0 spiro atoms. The van der Waals surface area contributed by atoms with E-state index < -0.39 is 5.82 Å². The van der Waals surface area contributed by atoms with E-state index in [1.54, 1.807) is 0 Å². The van der Waals surface area contributed by atoms with Crippen molar-refractivity contribution >= 4 is 23.2 Å². The Morgan fingerprint density at radius 1 is 1.61 bits per heavy atom. The number of amides is 1. The van der Waals surface area contributed by atoms with Crippen molar-refractivity contribution in [3.63, 3.8) is 0 Å². The quantitative estimate of drug-likeness (QED) is 0.875. The Kier molecular flexibility index (Phi) is 4.16. The summed E-state index contributed by atoms with van der Waals surface area (Å²) in [6.07, 6.45) is 0.912. The lowest BCUT2D eigenvalue weighted by atomic mass is 10.3. The molecule has 1 fully saturated rings. The second kappa shape index (κ2) is 5.65. The van der Waals surface area contributed by atoms with Gasteiger partial charge in [0.05, 0.1) is 11.6 Å². The van der Waals surface area contributed by atoms with Crippen molar-refractivity contribution in [3.05, 3.63) is 29.0 Å². The lowest BCUT2D eigenvalue weighted by molar-refractivity contribution is -0.117. The van der Waals surface area contributed by atoms with Gasteiger partial charge in [0.1, 0.15) is 5.82 Å². The molecule has 1 aliphatic heterocycles. The van der Waals surface area contributed by atoms with Gasteiger partial charge >= 0.3 is 0 Å². The molecule has 2 rings (SSSR count). The van der Waals surface area contributed by atoms with Gasteiger partial charge in [0.2, 0.25) is 5.91 Å². The summed E-state index contributed by atoms with van der Waals surface area (Å²) in [7, 11) is 0. The maximum atomic E-state index is 12.9. The normalized spacial score (nSPS) is 20.1. The van der Waals surface area contributed by atoms with Crippen molar-refractivity contribution in [2.45, 2.75) is 12.5 Å². The lowest BCUT2D eigenvalue weighted by Crippen LogP contribution is -2.33. The van der Waals surface area contributed by atoms with Gasteiger partial charge in [-0.1, -0.05) is 11.6 Å². The van der Waals surface area contributed by atoms with Crippen LogP contribution in [0.3, 0.4) is 0 Å². The van der Waals surface area contributed by atoms with Gasteiger partial charge in [-0.05, 0) is 24.6 Å². The summed E-state index contributed by atoms with van der Waals surface area (Å²) in [6, 6.07) is 4.25. The Labute approximate surface area is 110 Å². The minimum atomic E-state index is -0.500. The second-order valence-corrected chi connectivity index (χ2v) is 4.87. The first kappa shape index (κ1) is 13.3. The third-order valence-electron chi connectivity index (χ3n) is 2.88. The van der Waals surface area contributed by atoms with Crippen LogP contribution in [0.5, 0.6) is 0 Å². The van der Waals surface area contributed by atoms with Gasteiger partial charge in [0, 0.05) is 24.8 Å². The topological polar surface area (TPSA) is 58.4 Å². The number of nitrogens with two attached hydrogens (primary N) is 1. The van der Waals surface area contributed by atoms with Gasteiger partial charge in [0.25, 0.3) is 0 Å². The monoisotopic (exact) mass is 271 g/mol. The first-order chi connectivity index (χ1) is 8.54. The summed E-state index contributed by atoms with van der Waals surface area (Å²) < 4.78 is 12.9. The third kappa shape index (κ3) is 3.41. The molecule has 1 atom stereocenters. The van der Waals surface area contributed by atoms with Crippen LogP contribution in [0.1, 0.15) is 6.42 Å². The fraction of sp³-hybridized carbons (Fsp3) is 0.417. The number of halogens is 2.